The first kappa shape index (κ1) is 10.7. The molecule has 0 aromatic heterocycles. The number of allylic oxidation sites excluding steroid dienone is 4. The van der Waals surface area contributed by atoms with Crippen LogP contribution in [0.4, 0.5) is 0 Å². The van der Waals surface area contributed by atoms with Crippen LogP contribution in [0.25, 0.3) is 0 Å². The second kappa shape index (κ2) is 4.11. The van der Waals surface area contributed by atoms with Gasteiger partial charge < -0.3 is 0 Å². The van der Waals surface area contributed by atoms with Crippen molar-refractivity contribution in [3.05, 3.63) is 69.5 Å². The third-order valence-electron chi connectivity index (χ3n) is 3.32. The highest BCUT2D eigenvalue weighted by Gasteiger charge is 2.27. The lowest BCUT2D eigenvalue weighted by molar-refractivity contribution is 0.693. The third-order valence-corrected chi connectivity index (χ3v) is 4.30. The van der Waals surface area contributed by atoms with Crippen molar-refractivity contribution < 1.29 is 4.21 Å². The second-order valence-corrected chi connectivity index (χ2v) is 5.76. The summed E-state index contributed by atoms with van der Waals surface area (Å²) in [6.45, 7) is 2.15. The fourth-order valence-corrected chi connectivity index (χ4v) is 3.63. The lowest BCUT2D eigenvalue weighted by Gasteiger charge is -2.24. The first-order valence-electron chi connectivity index (χ1n) is 5.79. The van der Waals surface area contributed by atoms with Crippen LogP contribution in [-0.2, 0) is 10.8 Å². The number of hydrogen-bond donors (Lipinski definition) is 0. The average molecular weight is 242 g/mol. The van der Waals surface area contributed by atoms with E-state index in [4.69, 9.17) is 0 Å². The van der Waals surface area contributed by atoms with Crippen LogP contribution in [0.5, 0.6) is 0 Å². The van der Waals surface area contributed by atoms with E-state index >= 15 is 0 Å². The van der Waals surface area contributed by atoms with Crippen molar-refractivity contribution >= 4 is 10.8 Å². The molecule has 2 unspecified atom stereocenters. The summed E-state index contributed by atoms with van der Waals surface area (Å²) in [7, 11) is -0.921. The monoisotopic (exact) mass is 242 g/mol. The molecule has 0 bridgehead atoms. The SMILES string of the molecule is CC1=CC2=CS(=O)C=C2C(c2ccccc2)C1. The molecule has 1 nitrogen and oxygen atoms in total. The number of hydrogen-bond acceptors (Lipinski definition) is 1. The summed E-state index contributed by atoms with van der Waals surface area (Å²) in [4.78, 5) is 0. The molecule has 0 radical (unpaired) electrons. The fraction of sp³-hybridized carbons (Fsp3) is 0.200. The minimum atomic E-state index is -0.921. The van der Waals surface area contributed by atoms with Crippen LogP contribution in [0.15, 0.2) is 63.9 Å². The van der Waals surface area contributed by atoms with Crippen LogP contribution in [0.2, 0.25) is 0 Å². The highest BCUT2D eigenvalue weighted by atomic mass is 32.2. The molecule has 1 heterocycles. The van der Waals surface area contributed by atoms with E-state index in [0.29, 0.717) is 5.92 Å². The molecule has 1 aromatic rings. The molecule has 2 heteroatoms. The predicted molar refractivity (Wildman–Crippen MR) is 71.9 cm³/mol. The topological polar surface area (TPSA) is 17.1 Å². The van der Waals surface area contributed by atoms with Gasteiger partial charge in [0.2, 0.25) is 0 Å². The van der Waals surface area contributed by atoms with Crippen LogP contribution in [0.3, 0.4) is 0 Å². The predicted octanol–water partition coefficient (Wildman–Crippen LogP) is 3.65. The van der Waals surface area contributed by atoms with Crippen molar-refractivity contribution in [3.8, 4) is 0 Å². The fourth-order valence-electron chi connectivity index (χ4n) is 2.56. The molecule has 86 valence electrons. The molecule has 0 saturated heterocycles. The molecule has 3 rings (SSSR count). The van der Waals surface area contributed by atoms with E-state index in [1.54, 1.807) is 0 Å². The van der Waals surface area contributed by atoms with Gasteiger partial charge in [-0.15, -0.1) is 0 Å². The Hall–Kier alpha value is -1.41. The largest absolute Gasteiger partial charge is 0.250 e. The molecule has 17 heavy (non-hydrogen) atoms. The Kier molecular flexibility index (Phi) is 2.60. The summed E-state index contributed by atoms with van der Waals surface area (Å²) >= 11 is 0. The van der Waals surface area contributed by atoms with Crippen LogP contribution >= 0.6 is 0 Å². The van der Waals surface area contributed by atoms with E-state index in [0.717, 1.165) is 12.0 Å². The van der Waals surface area contributed by atoms with Crippen molar-refractivity contribution in [1.82, 2.24) is 0 Å². The summed E-state index contributed by atoms with van der Waals surface area (Å²) in [5, 5.41) is 3.75. The van der Waals surface area contributed by atoms with Gasteiger partial charge in [-0.25, -0.2) is 0 Å². The lowest BCUT2D eigenvalue weighted by atomic mass is 9.79. The van der Waals surface area contributed by atoms with Crippen LogP contribution in [0, 0.1) is 0 Å². The van der Waals surface area contributed by atoms with Crippen molar-refractivity contribution in [2.75, 3.05) is 0 Å². The highest BCUT2D eigenvalue weighted by Crippen LogP contribution is 2.42. The summed E-state index contributed by atoms with van der Waals surface area (Å²) in [6, 6.07) is 10.5. The Balaban J connectivity index is 2.08. The first-order chi connectivity index (χ1) is 8.24. The van der Waals surface area contributed by atoms with Gasteiger partial charge in [-0.2, -0.15) is 0 Å². The second-order valence-electron chi connectivity index (χ2n) is 4.63. The minimum absolute atomic E-state index is 0.374. The first-order valence-corrected chi connectivity index (χ1v) is 7.07. The maximum absolute atomic E-state index is 11.6. The van der Waals surface area contributed by atoms with Gasteiger partial charge in [-0.3, -0.25) is 4.21 Å². The van der Waals surface area contributed by atoms with Gasteiger partial charge in [0.25, 0.3) is 0 Å². The van der Waals surface area contributed by atoms with E-state index < -0.39 is 10.8 Å². The van der Waals surface area contributed by atoms with E-state index in [9.17, 15) is 4.21 Å². The van der Waals surface area contributed by atoms with E-state index in [1.165, 1.54) is 16.7 Å². The average Bonchev–Trinajstić information content (AvgIpc) is 2.69. The van der Waals surface area contributed by atoms with Gasteiger partial charge >= 0.3 is 0 Å². The van der Waals surface area contributed by atoms with Crippen molar-refractivity contribution in [3.63, 3.8) is 0 Å². The zero-order valence-electron chi connectivity index (χ0n) is 9.72. The molecule has 0 saturated carbocycles. The number of benzene rings is 1. The van der Waals surface area contributed by atoms with Crippen LogP contribution in [-0.4, -0.2) is 4.21 Å². The Morgan fingerprint density at radius 2 is 1.94 bits per heavy atom. The van der Waals surface area contributed by atoms with Crippen molar-refractivity contribution in [1.29, 1.82) is 0 Å². The Labute approximate surface area is 104 Å². The number of rotatable bonds is 1. The summed E-state index contributed by atoms with van der Waals surface area (Å²) in [6.07, 6.45) is 3.20. The lowest BCUT2D eigenvalue weighted by Crippen LogP contribution is -2.08. The van der Waals surface area contributed by atoms with Gasteiger partial charge in [-0.05, 0) is 30.1 Å². The molecule has 0 fully saturated rings. The summed E-state index contributed by atoms with van der Waals surface area (Å²) in [5.74, 6) is 0.374. The number of fused-ring (bicyclic) bond motifs is 1. The highest BCUT2D eigenvalue weighted by molar-refractivity contribution is 7.91. The Bertz CT molecular complexity index is 564. The maximum Gasteiger partial charge on any atom is 0.0711 e. The molecule has 2 atom stereocenters. The molecular formula is C15H14OS. The molecule has 0 N–H and O–H groups in total. The molecule has 1 aliphatic heterocycles. The normalized spacial score (nSPS) is 27.0. The molecule has 0 spiro atoms. The minimum Gasteiger partial charge on any atom is -0.250 e. The molecule has 1 aromatic carbocycles. The molecule has 1 aliphatic carbocycles. The van der Waals surface area contributed by atoms with Gasteiger partial charge in [-0.1, -0.05) is 42.0 Å². The maximum atomic E-state index is 11.6. The van der Waals surface area contributed by atoms with E-state index in [1.807, 2.05) is 16.9 Å². The van der Waals surface area contributed by atoms with Gasteiger partial charge in [0, 0.05) is 16.7 Å². The zero-order chi connectivity index (χ0) is 11.8. The van der Waals surface area contributed by atoms with Crippen LogP contribution in [0.1, 0.15) is 24.8 Å². The van der Waals surface area contributed by atoms with Crippen molar-refractivity contribution in [2.45, 2.75) is 19.3 Å². The standard InChI is InChI=1S/C15H14OS/c1-11-7-13-9-17(16)10-15(13)14(8-11)12-5-3-2-4-6-12/h2-7,9-10,14H,8H2,1H3. The Morgan fingerprint density at radius 1 is 1.18 bits per heavy atom. The summed E-state index contributed by atoms with van der Waals surface area (Å²) in [5.41, 5.74) is 5.07. The Morgan fingerprint density at radius 3 is 2.71 bits per heavy atom. The summed E-state index contributed by atoms with van der Waals surface area (Å²) < 4.78 is 11.6. The molecular weight excluding hydrogens is 228 g/mol. The zero-order valence-corrected chi connectivity index (χ0v) is 10.5. The molecule has 2 aliphatic rings. The smallest absolute Gasteiger partial charge is 0.0711 e. The molecule has 0 amide bonds. The van der Waals surface area contributed by atoms with E-state index in [2.05, 4.69) is 37.3 Å². The van der Waals surface area contributed by atoms with Crippen LogP contribution < -0.4 is 0 Å². The van der Waals surface area contributed by atoms with Gasteiger partial charge in [0.1, 0.15) is 0 Å². The van der Waals surface area contributed by atoms with Crippen molar-refractivity contribution in [2.24, 2.45) is 0 Å². The third kappa shape index (κ3) is 1.93. The quantitative estimate of drug-likeness (QED) is 0.734. The van der Waals surface area contributed by atoms with E-state index in [-0.39, 0.29) is 0 Å². The van der Waals surface area contributed by atoms with Gasteiger partial charge in [0.05, 0.1) is 10.8 Å². The van der Waals surface area contributed by atoms with Gasteiger partial charge in [0.15, 0.2) is 0 Å².